The van der Waals surface area contributed by atoms with Gasteiger partial charge in [0.25, 0.3) is 0 Å². The molecule has 1 heterocycles. The molecular formula is C12H14ClNO5S. The van der Waals surface area contributed by atoms with Gasteiger partial charge >= 0.3 is 5.97 Å². The molecule has 0 aromatic heterocycles. The summed E-state index contributed by atoms with van der Waals surface area (Å²) < 4.78 is 31.1. The molecule has 6 nitrogen and oxygen atoms in total. The number of carboxylic acids is 1. The molecule has 1 fully saturated rings. The molecule has 1 saturated heterocycles. The number of hydrogen-bond acceptors (Lipinski definition) is 4. The van der Waals surface area contributed by atoms with Crippen molar-refractivity contribution in [3.05, 3.63) is 29.3 Å². The van der Waals surface area contributed by atoms with Gasteiger partial charge < -0.3 is 9.84 Å². The summed E-state index contributed by atoms with van der Waals surface area (Å²) in [5.74, 6) is -1.94. The number of carbonyl (C=O) groups is 1. The third kappa shape index (κ3) is 2.80. The minimum Gasteiger partial charge on any atom is -0.481 e. The van der Waals surface area contributed by atoms with Crippen molar-refractivity contribution in [3.63, 3.8) is 0 Å². The molecule has 1 aromatic rings. The van der Waals surface area contributed by atoms with E-state index in [0.29, 0.717) is 5.02 Å². The molecule has 2 atom stereocenters. The maximum atomic E-state index is 12.5. The molecule has 110 valence electrons. The van der Waals surface area contributed by atoms with E-state index in [1.54, 1.807) is 6.07 Å². The zero-order valence-corrected chi connectivity index (χ0v) is 12.3. The minimum atomic E-state index is -3.81. The van der Waals surface area contributed by atoms with Crippen molar-refractivity contribution in [3.8, 4) is 0 Å². The largest absolute Gasteiger partial charge is 0.481 e. The van der Waals surface area contributed by atoms with Crippen LogP contribution in [0, 0.1) is 5.92 Å². The summed E-state index contributed by atoms with van der Waals surface area (Å²) in [6.45, 7) is 0.0721. The quantitative estimate of drug-likeness (QED) is 0.897. The fourth-order valence-corrected chi connectivity index (χ4v) is 3.79. The third-order valence-corrected chi connectivity index (χ3v) is 5.42. The highest BCUT2D eigenvalue weighted by atomic mass is 35.5. The van der Waals surface area contributed by atoms with Gasteiger partial charge in [-0.3, -0.25) is 4.79 Å². The number of aliphatic carboxylic acids is 1. The van der Waals surface area contributed by atoms with Gasteiger partial charge in [0.05, 0.1) is 30.1 Å². The first kappa shape index (κ1) is 15.2. The lowest BCUT2D eigenvalue weighted by molar-refractivity contribution is -0.142. The van der Waals surface area contributed by atoms with E-state index in [-0.39, 0.29) is 18.1 Å². The molecule has 0 aliphatic carbocycles. The molecule has 0 bridgehead atoms. The van der Waals surface area contributed by atoms with Gasteiger partial charge in [-0.05, 0) is 18.2 Å². The predicted molar refractivity (Wildman–Crippen MR) is 72.1 cm³/mol. The van der Waals surface area contributed by atoms with E-state index < -0.39 is 28.0 Å². The Balaban J connectivity index is 2.32. The average Bonchev–Trinajstić information content (AvgIpc) is 2.87. The van der Waals surface area contributed by atoms with Crippen LogP contribution < -0.4 is 0 Å². The van der Waals surface area contributed by atoms with Gasteiger partial charge in [-0.25, -0.2) is 8.42 Å². The maximum Gasteiger partial charge on any atom is 0.310 e. The molecule has 1 aliphatic heterocycles. The lowest BCUT2D eigenvalue weighted by Crippen LogP contribution is -2.44. The van der Waals surface area contributed by atoms with Crippen LogP contribution in [-0.4, -0.2) is 50.1 Å². The molecule has 8 heteroatoms. The maximum absolute atomic E-state index is 12.5. The van der Waals surface area contributed by atoms with E-state index in [4.69, 9.17) is 21.4 Å². The summed E-state index contributed by atoms with van der Waals surface area (Å²) in [4.78, 5) is 11.1. The second-order valence-corrected chi connectivity index (χ2v) is 6.96. The van der Waals surface area contributed by atoms with Gasteiger partial charge in [0.1, 0.15) is 0 Å². The van der Waals surface area contributed by atoms with E-state index in [2.05, 4.69) is 0 Å². The Morgan fingerprint density at radius 1 is 1.45 bits per heavy atom. The van der Waals surface area contributed by atoms with Gasteiger partial charge in [-0.15, -0.1) is 0 Å². The number of rotatable bonds is 4. The lowest BCUT2D eigenvalue weighted by atomic mass is 10.1. The second kappa shape index (κ2) is 5.69. The van der Waals surface area contributed by atoms with Gasteiger partial charge in [0.2, 0.25) is 10.0 Å². The number of likely N-dealkylation sites (N-methyl/N-ethyl adjacent to an activating group) is 1. The molecule has 0 saturated carbocycles. The van der Waals surface area contributed by atoms with Gasteiger partial charge in [0.15, 0.2) is 0 Å². The van der Waals surface area contributed by atoms with Crippen molar-refractivity contribution in [2.24, 2.45) is 5.92 Å². The topological polar surface area (TPSA) is 83.9 Å². The fourth-order valence-electron chi connectivity index (χ4n) is 2.11. The first-order valence-electron chi connectivity index (χ1n) is 5.88. The number of ether oxygens (including phenoxy) is 1. The molecule has 1 aromatic carbocycles. The molecular weight excluding hydrogens is 306 g/mol. The van der Waals surface area contributed by atoms with E-state index >= 15 is 0 Å². The van der Waals surface area contributed by atoms with Gasteiger partial charge in [-0.2, -0.15) is 4.31 Å². The van der Waals surface area contributed by atoms with Crippen molar-refractivity contribution in [1.82, 2.24) is 4.31 Å². The van der Waals surface area contributed by atoms with Crippen LogP contribution in [0.2, 0.25) is 5.02 Å². The summed E-state index contributed by atoms with van der Waals surface area (Å²) in [5.41, 5.74) is 0. The fraction of sp³-hybridized carbons (Fsp3) is 0.417. The SMILES string of the molecule is CN(C1COCC1C(=O)O)S(=O)(=O)c1cccc(Cl)c1. The van der Waals surface area contributed by atoms with E-state index in [0.717, 1.165) is 4.31 Å². The molecule has 20 heavy (non-hydrogen) atoms. The average molecular weight is 320 g/mol. The van der Waals surface area contributed by atoms with Crippen molar-refractivity contribution in [2.45, 2.75) is 10.9 Å². The highest BCUT2D eigenvalue weighted by Crippen LogP contribution is 2.26. The number of halogens is 1. The van der Waals surface area contributed by atoms with Crippen LogP contribution in [0.4, 0.5) is 0 Å². The number of nitrogens with zero attached hydrogens (tertiary/aromatic N) is 1. The van der Waals surface area contributed by atoms with E-state index in [1.807, 2.05) is 0 Å². The predicted octanol–water partition coefficient (Wildman–Crippen LogP) is 1.06. The Kier molecular flexibility index (Phi) is 4.33. The van der Waals surface area contributed by atoms with Crippen LogP contribution in [0.15, 0.2) is 29.2 Å². The van der Waals surface area contributed by atoms with Crippen molar-refractivity contribution < 1.29 is 23.1 Å². The van der Waals surface area contributed by atoms with Crippen molar-refractivity contribution in [2.75, 3.05) is 20.3 Å². The zero-order valence-electron chi connectivity index (χ0n) is 10.7. The highest BCUT2D eigenvalue weighted by Gasteiger charge is 2.41. The number of sulfonamides is 1. The summed E-state index contributed by atoms with van der Waals surface area (Å²) in [5, 5.41) is 9.39. The number of carboxylic acid groups (broad SMARTS) is 1. The van der Waals surface area contributed by atoms with Crippen LogP contribution in [0.5, 0.6) is 0 Å². The Morgan fingerprint density at radius 2 is 2.15 bits per heavy atom. The molecule has 2 unspecified atom stereocenters. The lowest BCUT2D eigenvalue weighted by Gasteiger charge is -2.25. The Bertz CT molecular complexity index is 618. The third-order valence-electron chi connectivity index (χ3n) is 3.31. The van der Waals surface area contributed by atoms with Crippen molar-refractivity contribution in [1.29, 1.82) is 0 Å². The Morgan fingerprint density at radius 3 is 2.75 bits per heavy atom. The van der Waals surface area contributed by atoms with E-state index in [9.17, 15) is 13.2 Å². The molecule has 2 rings (SSSR count). The summed E-state index contributed by atoms with van der Waals surface area (Å²) in [6.07, 6.45) is 0. The van der Waals surface area contributed by atoms with Gasteiger partial charge in [0, 0.05) is 12.1 Å². The Hall–Kier alpha value is -1.15. The normalized spacial score (nSPS) is 23.1. The smallest absolute Gasteiger partial charge is 0.310 e. The van der Waals surface area contributed by atoms with Crippen LogP contribution in [0.25, 0.3) is 0 Å². The first-order valence-corrected chi connectivity index (χ1v) is 7.70. The molecule has 1 N–H and O–H groups in total. The van der Waals surface area contributed by atoms with Crippen LogP contribution >= 0.6 is 11.6 Å². The first-order chi connectivity index (χ1) is 9.34. The zero-order chi connectivity index (χ0) is 14.9. The summed E-state index contributed by atoms with van der Waals surface area (Å²) >= 11 is 5.79. The summed E-state index contributed by atoms with van der Waals surface area (Å²) in [7, 11) is -2.45. The van der Waals surface area contributed by atoms with E-state index in [1.165, 1.54) is 25.2 Å². The minimum absolute atomic E-state index is 0.00933. The summed E-state index contributed by atoms with van der Waals surface area (Å²) in [6, 6.07) is 5.13. The van der Waals surface area contributed by atoms with Crippen LogP contribution in [-0.2, 0) is 19.6 Å². The van der Waals surface area contributed by atoms with Gasteiger partial charge in [-0.1, -0.05) is 17.7 Å². The molecule has 0 spiro atoms. The molecule has 0 amide bonds. The second-order valence-electron chi connectivity index (χ2n) is 4.53. The Labute approximate surface area is 122 Å². The van der Waals surface area contributed by atoms with Crippen LogP contribution in [0.1, 0.15) is 0 Å². The van der Waals surface area contributed by atoms with Crippen LogP contribution in [0.3, 0.4) is 0 Å². The monoisotopic (exact) mass is 319 g/mol. The number of benzene rings is 1. The molecule has 1 aliphatic rings. The standard InChI is InChI=1S/C12H14ClNO5S/c1-14(11-7-19-6-10(11)12(15)16)20(17,18)9-4-2-3-8(13)5-9/h2-5,10-11H,6-7H2,1H3,(H,15,16). The molecule has 0 radical (unpaired) electrons. The van der Waals surface area contributed by atoms with Crippen molar-refractivity contribution >= 4 is 27.6 Å². The number of hydrogen-bond donors (Lipinski definition) is 1. The highest BCUT2D eigenvalue weighted by molar-refractivity contribution is 7.89.